The molecule has 6 heterocycles. The van der Waals surface area contributed by atoms with Gasteiger partial charge in [-0.15, -0.1) is 12.4 Å². The molecule has 0 unspecified atom stereocenters. The lowest BCUT2D eigenvalue weighted by molar-refractivity contribution is -0.141. The topological polar surface area (TPSA) is 175 Å². The van der Waals surface area contributed by atoms with E-state index in [1.165, 1.54) is 30.6 Å². The highest BCUT2D eigenvalue weighted by Gasteiger charge is 2.41. The monoisotopic (exact) mass is 920 g/mol. The summed E-state index contributed by atoms with van der Waals surface area (Å²) in [5.41, 5.74) is -0.0760. The van der Waals surface area contributed by atoms with Crippen LogP contribution in [0.15, 0.2) is 61.2 Å². The van der Waals surface area contributed by atoms with E-state index in [1.807, 2.05) is 12.1 Å². The zero-order chi connectivity index (χ0) is 46.3. The number of halogens is 9. The van der Waals surface area contributed by atoms with Crippen molar-refractivity contribution in [3.63, 3.8) is 0 Å². The second-order valence-corrected chi connectivity index (χ2v) is 15.7. The van der Waals surface area contributed by atoms with Gasteiger partial charge in [0.2, 0.25) is 0 Å². The summed E-state index contributed by atoms with van der Waals surface area (Å²) in [6.07, 6.45) is -7.20. The van der Waals surface area contributed by atoms with E-state index in [2.05, 4.69) is 25.3 Å². The molecule has 340 valence electrons. The number of carbonyl (C=O) groups excluding carboxylic acids is 3. The zero-order valence-electron chi connectivity index (χ0n) is 34.4. The Morgan fingerprint density at radius 2 is 1.22 bits per heavy atom. The Morgan fingerprint density at radius 1 is 0.734 bits per heavy atom. The van der Waals surface area contributed by atoms with E-state index in [-0.39, 0.29) is 92.4 Å². The number of aryl methyl sites for hydroxylation is 2. The lowest BCUT2D eigenvalue weighted by Crippen LogP contribution is -2.43. The van der Waals surface area contributed by atoms with Gasteiger partial charge in [-0.25, -0.2) is 13.6 Å². The van der Waals surface area contributed by atoms with Crippen molar-refractivity contribution in [1.82, 2.24) is 30.2 Å². The van der Waals surface area contributed by atoms with Crippen LogP contribution in [0.2, 0.25) is 0 Å². The summed E-state index contributed by atoms with van der Waals surface area (Å²) in [5, 5.41) is 21.5. The minimum atomic E-state index is -4.58. The first-order valence-corrected chi connectivity index (χ1v) is 19.5. The van der Waals surface area contributed by atoms with Crippen LogP contribution in [-0.2, 0) is 39.5 Å². The second kappa shape index (κ2) is 21.0. The van der Waals surface area contributed by atoms with Crippen molar-refractivity contribution >= 4 is 30.1 Å². The molecule has 2 saturated heterocycles. The van der Waals surface area contributed by atoms with Crippen molar-refractivity contribution in [1.29, 1.82) is 10.5 Å². The first kappa shape index (κ1) is 50.5. The van der Waals surface area contributed by atoms with Crippen molar-refractivity contribution in [3.05, 3.63) is 94.8 Å². The molecule has 0 bridgehead atoms. The van der Waals surface area contributed by atoms with Crippen molar-refractivity contribution < 1.29 is 54.2 Å². The van der Waals surface area contributed by atoms with Crippen LogP contribution in [0.25, 0.3) is 22.5 Å². The number of nitrogens with zero attached hydrogens (tertiary/aromatic N) is 7. The Balaban J connectivity index is 0.000000283. The molecule has 2 fully saturated rings. The zero-order valence-corrected chi connectivity index (χ0v) is 35.3. The fourth-order valence-electron chi connectivity index (χ4n) is 6.76. The predicted molar refractivity (Wildman–Crippen MR) is 216 cm³/mol. The second-order valence-electron chi connectivity index (χ2n) is 15.7. The highest BCUT2D eigenvalue weighted by molar-refractivity contribution is 5.88. The number of nitriles is 2. The highest BCUT2D eigenvalue weighted by Crippen LogP contribution is 2.31. The number of alkyl halides is 8. The van der Waals surface area contributed by atoms with Crippen LogP contribution in [0.4, 0.5) is 39.9 Å². The first-order chi connectivity index (χ1) is 29.6. The molecule has 0 aromatic carbocycles. The molecule has 4 aromatic rings. The number of ketones is 2. The standard InChI is InChI=1S/C24H24F4N4O3.C19H16F4N4O.ClH/c1-23(2,3)35-22(34)32-13-17(25)9-19(32)20(33)6-4-14-8-18(30-12-16(14)10-29)15-5-7-21(31-11-15)24(26,27)28;20-14-6-16(26-10-14)17(28)3-1-11-5-15(25-9-13(11)7-24)12-2-4-18(27-8-12)19(21,22)23;/h5,7-8,11-12,17,19H,4,6,9,13H2,1-3H3;2,4-5,8-9,14,16,26H,1,3,6,10H2;1H/t17-,19+;14-,16+;/m11./s1. The van der Waals surface area contributed by atoms with Crippen LogP contribution in [0.1, 0.15) is 80.1 Å². The van der Waals surface area contributed by atoms with Gasteiger partial charge in [0.15, 0.2) is 5.78 Å². The summed E-state index contributed by atoms with van der Waals surface area (Å²) in [6.45, 7) is 4.92. The maximum atomic E-state index is 14.1. The molecule has 21 heteroatoms. The van der Waals surface area contributed by atoms with E-state index in [4.69, 9.17) is 4.74 Å². The van der Waals surface area contributed by atoms with Crippen LogP contribution in [0.3, 0.4) is 0 Å². The molecule has 2 aliphatic rings. The number of carbonyl (C=O) groups is 3. The van der Waals surface area contributed by atoms with Crippen LogP contribution in [-0.4, -0.2) is 85.6 Å². The molecule has 0 radical (unpaired) electrons. The van der Waals surface area contributed by atoms with Gasteiger partial charge in [0.1, 0.15) is 47.3 Å². The number of aromatic nitrogens is 4. The molecule has 12 nitrogen and oxygen atoms in total. The summed E-state index contributed by atoms with van der Waals surface area (Å²) >= 11 is 0. The van der Waals surface area contributed by atoms with E-state index in [1.54, 1.807) is 26.8 Å². The molecule has 6 rings (SSSR count). The molecule has 64 heavy (non-hydrogen) atoms. The number of ether oxygens (including phenoxy) is 1. The lowest BCUT2D eigenvalue weighted by atomic mass is 9.98. The van der Waals surface area contributed by atoms with Crippen LogP contribution < -0.4 is 5.32 Å². The number of pyridine rings is 4. The molecule has 0 saturated carbocycles. The Labute approximate surface area is 368 Å². The van der Waals surface area contributed by atoms with E-state index < -0.39 is 59.9 Å². The summed E-state index contributed by atoms with van der Waals surface area (Å²) < 4.78 is 109. The third-order valence-corrected chi connectivity index (χ3v) is 9.92. The minimum Gasteiger partial charge on any atom is -0.444 e. The summed E-state index contributed by atoms with van der Waals surface area (Å²) in [5.74, 6) is -0.520. The van der Waals surface area contributed by atoms with Crippen molar-refractivity contribution in [3.8, 4) is 34.7 Å². The van der Waals surface area contributed by atoms with E-state index in [0.29, 0.717) is 27.9 Å². The van der Waals surface area contributed by atoms with Crippen molar-refractivity contribution in [2.45, 2.75) is 102 Å². The number of hydrogen-bond acceptors (Lipinski definition) is 11. The fraction of sp³-hybridized carbons (Fsp3) is 0.419. The first-order valence-electron chi connectivity index (χ1n) is 19.5. The number of hydrogen-bond donors (Lipinski definition) is 1. The molecule has 0 spiro atoms. The van der Waals surface area contributed by atoms with E-state index in [0.717, 1.165) is 29.4 Å². The number of Topliss-reactive ketones (excluding diaryl/α,β-unsaturated/α-hetero) is 2. The average molecular weight is 921 g/mol. The van der Waals surface area contributed by atoms with Gasteiger partial charge in [-0.2, -0.15) is 36.9 Å². The summed E-state index contributed by atoms with van der Waals surface area (Å²) in [7, 11) is 0. The van der Waals surface area contributed by atoms with E-state index in [9.17, 15) is 60.0 Å². The molecule has 4 atom stereocenters. The van der Waals surface area contributed by atoms with Crippen LogP contribution in [0, 0.1) is 22.7 Å². The molecular weight excluding hydrogens is 880 g/mol. The normalized spacial score (nSPS) is 18.5. The molecular formula is C43H41ClF8N8O4. The number of likely N-dealkylation sites (tertiary alicyclic amines) is 1. The highest BCUT2D eigenvalue weighted by atomic mass is 35.5. The van der Waals surface area contributed by atoms with Gasteiger partial charge in [-0.3, -0.25) is 34.4 Å². The largest absolute Gasteiger partial charge is 0.444 e. The smallest absolute Gasteiger partial charge is 0.433 e. The van der Waals surface area contributed by atoms with Crippen LogP contribution >= 0.6 is 12.4 Å². The molecule has 4 aromatic heterocycles. The molecule has 1 amide bonds. The Hall–Kier alpha value is -6.12. The van der Waals surface area contributed by atoms with E-state index >= 15 is 0 Å². The summed E-state index contributed by atoms with van der Waals surface area (Å²) in [6, 6.07) is 9.69. The Bertz CT molecular complexity index is 2380. The molecule has 1 N–H and O–H groups in total. The maximum Gasteiger partial charge on any atom is 0.433 e. The van der Waals surface area contributed by atoms with Gasteiger partial charge >= 0.3 is 18.4 Å². The SMILES string of the molecule is CC(C)(C)OC(=O)N1C[C@H](F)C[C@H]1C(=O)CCc1cc(-c2ccc(C(F)(F)F)nc2)ncc1C#N.Cl.N#Cc1cnc(-c2ccc(C(F)(F)F)nc2)cc1CCC(=O)[C@@H]1C[C@@H](F)CN1. The molecule has 2 aliphatic heterocycles. The number of amides is 1. The molecule has 0 aliphatic carbocycles. The quantitative estimate of drug-likeness (QED) is 0.151. The van der Waals surface area contributed by atoms with Crippen molar-refractivity contribution in [2.75, 3.05) is 13.1 Å². The third-order valence-electron chi connectivity index (χ3n) is 9.92. The number of nitrogens with one attached hydrogen (secondary N) is 1. The Kier molecular flexibility index (Phi) is 16.6. The Morgan fingerprint density at radius 3 is 1.61 bits per heavy atom. The predicted octanol–water partition coefficient (Wildman–Crippen LogP) is 8.54. The third kappa shape index (κ3) is 13.4. The van der Waals surface area contributed by atoms with Gasteiger partial charge in [-0.05, 0) is 81.1 Å². The van der Waals surface area contributed by atoms with Gasteiger partial charge in [0, 0.05) is 68.1 Å². The fourth-order valence-corrected chi connectivity index (χ4v) is 6.76. The minimum absolute atomic E-state index is 0. The van der Waals surface area contributed by atoms with Gasteiger partial charge in [-0.1, -0.05) is 0 Å². The van der Waals surface area contributed by atoms with Gasteiger partial charge in [0.05, 0.1) is 41.1 Å². The van der Waals surface area contributed by atoms with Gasteiger partial charge in [0.25, 0.3) is 0 Å². The van der Waals surface area contributed by atoms with Gasteiger partial charge < -0.3 is 10.1 Å². The lowest BCUT2D eigenvalue weighted by Gasteiger charge is -2.27. The summed E-state index contributed by atoms with van der Waals surface area (Å²) in [4.78, 5) is 53.7. The number of rotatable bonds is 10. The van der Waals surface area contributed by atoms with Crippen molar-refractivity contribution in [2.24, 2.45) is 0 Å². The maximum absolute atomic E-state index is 14.1. The van der Waals surface area contributed by atoms with Crippen LogP contribution in [0.5, 0.6) is 0 Å². The average Bonchev–Trinajstić information content (AvgIpc) is 3.86.